The minimum atomic E-state index is 0.280. The van der Waals surface area contributed by atoms with Gasteiger partial charge in [0.1, 0.15) is 0 Å². The van der Waals surface area contributed by atoms with Crippen molar-refractivity contribution in [3.63, 3.8) is 0 Å². The predicted molar refractivity (Wildman–Crippen MR) is 75.7 cm³/mol. The number of benzene rings is 1. The quantitative estimate of drug-likeness (QED) is 0.880. The highest BCUT2D eigenvalue weighted by Crippen LogP contribution is 2.60. The molecule has 0 bridgehead atoms. The molecule has 1 atom stereocenters. The van der Waals surface area contributed by atoms with Gasteiger partial charge in [-0.15, -0.1) is 0 Å². The van der Waals surface area contributed by atoms with Crippen molar-refractivity contribution in [1.82, 2.24) is 10.2 Å². The van der Waals surface area contributed by atoms with E-state index in [1.54, 1.807) is 0 Å². The molecule has 0 amide bonds. The number of rotatable bonds is 2. The highest BCUT2D eigenvalue weighted by atomic mass is 16.7. The molecule has 4 rings (SSSR count). The minimum Gasteiger partial charge on any atom is -0.454 e. The van der Waals surface area contributed by atoms with Crippen LogP contribution in [0.1, 0.15) is 31.9 Å². The lowest BCUT2D eigenvalue weighted by molar-refractivity contribution is 0.174. The fourth-order valence-corrected chi connectivity index (χ4v) is 2.94. The van der Waals surface area contributed by atoms with Gasteiger partial charge in [-0.1, -0.05) is 19.9 Å². The highest BCUT2D eigenvalue weighted by Gasteiger charge is 2.49. The Morgan fingerprint density at radius 3 is 2.80 bits per heavy atom. The van der Waals surface area contributed by atoms with Crippen LogP contribution in [0.3, 0.4) is 0 Å². The molecule has 2 aliphatic rings. The van der Waals surface area contributed by atoms with Crippen molar-refractivity contribution in [1.29, 1.82) is 0 Å². The van der Waals surface area contributed by atoms with E-state index in [-0.39, 0.29) is 6.79 Å². The van der Waals surface area contributed by atoms with Crippen molar-refractivity contribution in [3.8, 4) is 22.6 Å². The molecule has 2 aromatic rings. The molecule has 1 aliphatic carbocycles. The first-order valence-corrected chi connectivity index (χ1v) is 6.80. The van der Waals surface area contributed by atoms with E-state index < -0.39 is 0 Å². The van der Waals surface area contributed by atoms with E-state index in [0.29, 0.717) is 17.2 Å². The second-order valence-corrected chi connectivity index (χ2v) is 6.21. The van der Waals surface area contributed by atoms with E-state index in [1.165, 1.54) is 0 Å². The first kappa shape index (κ1) is 11.6. The van der Waals surface area contributed by atoms with Crippen molar-refractivity contribution in [3.05, 3.63) is 23.9 Å². The summed E-state index contributed by atoms with van der Waals surface area (Å²) in [5.41, 5.74) is 9.54. The number of ether oxygens (including phenoxy) is 2. The van der Waals surface area contributed by atoms with Gasteiger partial charge in [0.2, 0.25) is 6.79 Å². The topological polar surface area (TPSA) is 73.2 Å². The number of H-pyrrole nitrogens is 1. The molecule has 1 aromatic carbocycles. The van der Waals surface area contributed by atoms with E-state index in [1.807, 2.05) is 18.2 Å². The summed E-state index contributed by atoms with van der Waals surface area (Å²) in [5, 5.41) is 7.30. The summed E-state index contributed by atoms with van der Waals surface area (Å²) >= 11 is 0. The second kappa shape index (κ2) is 3.69. The molecule has 5 heteroatoms. The van der Waals surface area contributed by atoms with E-state index >= 15 is 0 Å². The number of aromatic nitrogens is 2. The third-order valence-electron chi connectivity index (χ3n) is 4.35. The molecule has 104 valence electrons. The van der Waals surface area contributed by atoms with Gasteiger partial charge in [0.25, 0.3) is 0 Å². The van der Waals surface area contributed by atoms with Crippen LogP contribution in [-0.2, 0) is 0 Å². The number of fused-ring (bicyclic) bond motifs is 1. The van der Waals surface area contributed by atoms with Crippen molar-refractivity contribution in [2.24, 2.45) is 5.41 Å². The van der Waals surface area contributed by atoms with E-state index in [0.717, 1.165) is 34.7 Å². The number of nitrogens with one attached hydrogen (secondary N) is 1. The number of hydrogen-bond donors (Lipinski definition) is 2. The third-order valence-corrected chi connectivity index (χ3v) is 4.35. The molecule has 3 N–H and O–H groups in total. The minimum absolute atomic E-state index is 0.280. The third kappa shape index (κ3) is 1.59. The standard InChI is InChI=1S/C15H17N3O2/c1-15(2)6-9(15)13-12(14(16)18-17-13)8-3-4-10-11(5-8)20-7-19-10/h3-5,9H,6-7H2,1-2H3,(H3,16,17,18). The number of nitrogen functional groups attached to an aromatic ring is 1. The monoisotopic (exact) mass is 271 g/mol. The molecule has 1 aliphatic heterocycles. The fraction of sp³-hybridized carbons (Fsp3) is 0.400. The first-order chi connectivity index (χ1) is 9.56. The van der Waals surface area contributed by atoms with Crippen molar-refractivity contribution < 1.29 is 9.47 Å². The SMILES string of the molecule is CC1(C)CC1c1[nH]nc(N)c1-c1ccc2c(c1)OCO2. The van der Waals surface area contributed by atoms with Crippen LogP contribution in [-0.4, -0.2) is 17.0 Å². The number of nitrogens with zero attached hydrogens (tertiary/aromatic N) is 1. The molecule has 20 heavy (non-hydrogen) atoms. The smallest absolute Gasteiger partial charge is 0.231 e. The van der Waals surface area contributed by atoms with Crippen molar-refractivity contribution in [2.75, 3.05) is 12.5 Å². The maximum absolute atomic E-state index is 6.06. The van der Waals surface area contributed by atoms with Gasteiger partial charge in [0, 0.05) is 17.2 Å². The van der Waals surface area contributed by atoms with Crippen molar-refractivity contribution in [2.45, 2.75) is 26.2 Å². The van der Waals surface area contributed by atoms with Crippen LogP contribution in [0.15, 0.2) is 18.2 Å². The number of aromatic amines is 1. The Hall–Kier alpha value is -2.17. The lowest BCUT2D eigenvalue weighted by Gasteiger charge is -2.07. The highest BCUT2D eigenvalue weighted by molar-refractivity contribution is 5.79. The van der Waals surface area contributed by atoms with E-state index in [2.05, 4.69) is 24.0 Å². The Morgan fingerprint density at radius 1 is 1.30 bits per heavy atom. The lowest BCUT2D eigenvalue weighted by Crippen LogP contribution is -1.94. The average molecular weight is 271 g/mol. The summed E-state index contributed by atoms with van der Waals surface area (Å²) in [5.74, 6) is 2.59. The van der Waals surface area contributed by atoms with Crippen LogP contribution in [0.5, 0.6) is 11.5 Å². The summed E-state index contributed by atoms with van der Waals surface area (Å²) in [6, 6.07) is 5.90. The van der Waals surface area contributed by atoms with Crippen LogP contribution in [0.2, 0.25) is 0 Å². The molecule has 1 unspecified atom stereocenters. The van der Waals surface area contributed by atoms with Gasteiger partial charge in [0.15, 0.2) is 17.3 Å². The first-order valence-electron chi connectivity index (χ1n) is 6.80. The van der Waals surface area contributed by atoms with Gasteiger partial charge in [0.05, 0.1) is 0 Å². The number of nitrogens with two attached hydrogens (primary N) is 1. The van der Waals surface area contributed by atoms with Gasteiger partial charge in [-0.05, 0) is 29.5 Å². The molecule has 5 nitrogen and oxygen atoms in total. The summed E-state index contributed by atoms with van der Waals surface area (Å²) in [7, 11) is 0. The Balaban J connectivity index is 1.81. The molecule has 0 radical (unpaired) electrons. The molecule has 1 aromatic heterocycles. The number of anilines is 1. The normalized spacial score (nSPS) is 22.0. The Bertz CT molecular complexity index is 690. The average Bonchev–Trinajstić information content (AvgIpc) is 2.82. The second-order valence-electron chi connectivity index (χ2n) is 6.21. The Labute approximate surface area is 117 Å². The zero-order valence-electron chi connectivity index (χ0n) is 11.6. The summed E-state index contributed by atoms with van der Waals surface area (Å²) in [6.45, 7) is 4.80. The van der Waals surface area contributed by atoms with E-state index in [4.69, 9.17) is 15.2 Å². The van der Waals surface area contributed by atoms with Gasteiger partial charge < -0.3 is 15.2 Å². The lowest BCUT2D eigenvalue weighted by atomic mass is 9.99. The van der Waals surface area contributed by atoms with Gasteiger partial charge in [-0.25, -0.2) is 0 Å². The number of hydrogen-bond acceptors (Lipinski definition) is 4. The van der Waals surface area contributed by atoms with Gasteiger partial charge in [-0.3, -0.25) is 5.10 Å². The summed E-state index contributed by atoms with van der Waals surface area (Å²) in [4.78, 5) is 0. The van der Waals surface area contributed by atoms with Gasteiger partial charge >= 0.3 is 0 Å². The maximum Gasteiger partial charge on any atom is 0.231 e. The van der Waals surface area contributed by atoms with Crippen molar-refractivity contribution >= 4 is 5.82 Å². The Kier molecular flexibility index (Phi) is 2.14. The zero-order chi connectivity index (χ0) is 13.9. The van der Waals surface area contributed by atoms with Gasteiger partial charge in [-0.2, -0.15) is 5.10 Å². The molecular weight excluding hydrogens is 254 g/mol. The molecule has 1 fully saturated rings. The molecular formula is C15H17N3O2. The van der Waals surface area contributed by atoms with Crippen LogP contribution >= 0.6 is 0 Å². The largest absolute Gasteiger partial charge is 0.454 e. The van der Waals surface area contributed by atoms with Crippen LogP contribution in [0, 0.1) is 5.41 Å². The Morgan fingerprint density at radius 2 is 2.05 bits per heavy atom. The zero-order valence-corrected chi connectivity index (χ0v) is 11.6. The van der Waals surface area contributed by atoms with E-state index in [9.17, 15) is 0 Å². The van der Waals surface area contributed by atoms with Crippen LogP contribution in [0.4, 0.5) is 5.82 Å². The molecule has 0 spiro atoms. The van der Waals surface area contributed by atoms with Crippen LogP contribution in [0.25, 0.3) is 11.1 Å². The predicted octanol–water partition coefficient (Wildman–Crippen LogP) is 2.90. The molecule has 2 heterocycles. The summed E-state index contributed by atoms with van der Waals surface area (Å²) < 4.78 is 10.8. The fourth-order valence-electron chi connectivity index (χ4n) is 2.94. The maximum atomic E-state index is 6.06. The van der Waals surface area contributed by atoms with Crippen LogP contribution < -0.4 is 15.2 Å². The molecule has 1 saturated carbocycles. The molecule has 0 saturated heterocycles. The summed E-state index contributed by atoms with van der Waals surface area (Å²) in [6.07, 6.45) is 1.16.